The standard InChI is InChI=1S/C33H27N3O/c1-24-32(30-20-19-26-18-17-25(22-37)21-31(26)35-30)34-23-36(24)33(27-11-5-2-6-12-27,28-13-7-3-8-14-28)29-15-9-4-10-16-29/h2-21,23,37H,22H2,1H3. The first-order valence-electron chi connectivity index (χ1n) is 12.4. The van der Waals surface area contributed by atoms with Crippen molar-refractivity contribution in [3.63, 3.8) is 0 Å². The van der Waals surface area contributed by atoms with Crippen LogP contribution in [0.5, 0.6) is 0 Å². The van der Waals surface area contributed by atoms with Gasteiger partial charge in [0.15, 0.2) is 0 Å². The van der Waals surface area contributed by atoms with Crippen molar-refractivity contribution in [2.24, 2.45) is 0 Å². The van der Waals surface area contributed by atoms with Crippen LogP contribution in [0.3, 0.4) is 0 Å². The van der Waals surface area contributed by atoms with Gasteiger partial charge in [-0.3, -0.25) is 0 Å². The van der Waals surface area contributed by atoms with Crippen molar-refractivity contribution in [1.82, 2.24) is 14.5 Å². The minimum atomic E-state index is -0.625. The summed E-state index contributed by atoms with van der Waals surface area (Å²) in [5.41, 5.74) is 7.18. The van der Waals surface area contributed by atoms with Gasteiger partial charge in [-0.1, -0.05) is 109 Å². The number of nitrogens with zero attached hydrogens (tertiary/aromatic N) is 3. The number of aliphatic hydroxyl groups excluding tert-OH is 1. The van der Waals surface area contributed by atoms with Gasteiger partial charge in [0.1, 0.15) is 11.2 Å². The Morgan fingerprint density at radius 2 is 1.24 bits per heavy atom. The summed E-state index contributed by atoms with van der Waals surface area (Å²) in [5.74, 6) is 0. The molecular weight excluding hydrogens is 454 g/mol. The summed E-state index contributed by atoms with van der Waals surface area (Å²) in [7, 11) is 0. The molecule has 0 aliphatic heterocycles. The SMILES string of the molecule is Cc1c(-c2ccc3ccc(CO)cc3n2)ncn1C(c1ccccc1)(c1ccccc1)c1ccccc1. The largest absolute Gasteiger partial charge is 0.392 e. The van der Waals surface area contributed by atoms with E-state index in [1.54, 1.807) is 0 Å². The zero-order valence-corrected chi connectivity index (χ0v) is 20.6. The summed E-state index contributed by atoms with van der Waals surface area (Å²) >= 11 is 0. The molecule has 0 saturated carbocycles. The van der Waals surface area contributed by atoms with Gasteiger partial charge in [0.05, 0.1) is 24.1 Å². The molecule has 4 heteroatoms. The van der Waals surface area contributed by atoms with Crippen molar-refractivity contribution in [1.29, 1.82) is 0 Å². The van der Waals surface area contributed by atoms with Crippen molar-refractivity contribution in [2.45, 2.75) is 19.1 Å². The smallest absolute Gasteiger partial charge is 0.121 e. The lowest BCUT2D eigenvalue weighted by molar-refractivity contribution is 0.282. The van der Waals surface area contributed by atoms with E-state index >= 15 is 0 Å². The number of hydrogen-bond donors (Lipinski definition) is 1. The monoisotopic (exact) mass is 481 g/mol. The fourth-order valence-electron chi connectivity index (χ4n) is 5.35. The van der Waals surface area contributed by atoms with Crippen LogP contribution in [0.4, 0.5) is 0 Å². The highest BCUT2D eigenvalue weighted by molar-refractivity contribution is 5.82. The second-order valence-corrected chi connectivity index (χ2v) is 9.24. The molecule has 0 aliphatic carbocycles. The summed E-state index contributed by atoms with van der Waals surface area (Å²) in [6, 6.07) is 41.8. The molecule has 2 heterocycles. The molecule has 4 aromatic carbocycles. The highest BCUT2D eigenvalue weighted by atomic mass is 16.3. The molecule has 0 spiro atoms. The summed E-state index contributed by atoms with van der Waals surface area (Å²) in [6.45, 7) is 2.10. The Kier molecular flexibility index (Phi) is 5.87. The first-order chi connectivity index (χ1) is 18.2. The fourth-order valence-corrected chi connectivity index (χ4v) is 5.35. The highest BCUT2D eigenvalue weighted by Gasteiger charge is 2.39. The van der Waals surface area contributed by atoms with Crippen LogP contribution in [0.25, 0.3) is 22.3 Å². The first kappa shape index (κ1) is 22.9. The second-order valence-electron chi connectivity index (χ2n) is 9.24. The molecule has 0 saturated heterocycles. The molecule has 6 rings (SSSR count). The van der Waals surface area contributed by atoms with Crippen LogP contribution in [0.2, 0.25) is 0 Å². The lowest BCUT2D eigenvalue weighted by Crippen LogP contribution is -2.38. The number of benzene rings is 4. The van der Waals surface area contributed by atoms with E-state index in [1.165, 1.54) is 0 Å². The van der Waals surface area contributed by atoms with Crippen LogP contribution >= 0.6 is 0 Å². The topological polar surface area (TPSA) is 50.9 Å². The normalized spacial score (nSPS) is 11.6. The molecular formula is C33H27N3O. The Morgan fingerprint density at radius 1 is 0.703 bits per heavy atom. The number of aromatic nitrogens is 3. The van der Waals surface area contributed by atoms with Gasteiger partial charge in [-0.25, -0.2) is 9.97 Å². The maximum absolute atomic E-state index is 9.60. The van der Waals surface area contributed by atoms with Gasteiger partial charge in [0.2, 0.25) is 0 Å². The zero-order chi connectivity index (χ0) is 25.2. The Labute approximate surface area is 216 Å². The third-order valence-corrected chi connectivity index (χ3v) is 7.12. The van der Waals surface area contributed by atoms with Gasteiger partial charge in [-0.15, -0.1) is 0 Å². The maximum Gasteiger partial charge on any atom is 0.121 e. The summed E-state index contributed by atoms with van der Waals surface area (Å²) in [4.78, 5) is 9.87. The molecule has 6 aromatic rings. The minimum Gasteiger partial charge on any atom is -0.392 e. The molecule has 0 bridgehead atoms. The molecule has 180 valence electrons. The van der Waals surface area contributed by atoms with Crippen molar-refractivity contribution < 1.29 is 5.11 Å². The van der Waals surface area contributed by atoms with E-state index in [1.807, 2.05) is 30.6 Å². The molecule has 0 radical (unpaired) electrons. The van der Waals surface area contributed by atoms with Crippen molar-refractivity contribution in [3.8, 4) is 11.4 Å². The second kappa shape index (κ2) is 9.49. The van der Waals surface area contributed by atoms with Crippen LogP contribution in [0, 0.1) is 6.92 Å². The maximum atomic E-state index is 9.60. The van der Waals surface area contributed by atoms with E-state index in [0.717, 1.165) is 50.2 Å². The molecule has 2 aromatic heterocycles. The van der Waals surface area contributed by atoms with Gasteiger partial charge >= 0.3 is 0 Å². The summed E-state index contributed by atoms with van der Waals surface area (Å²) in [5, 5.41) is 10.6. The molecule has 1 N–H and O–H groups in total. The predicted molar refractivity (Wildman–Crippen MR) is 148 cm³/mol. The van der Waals surface area contributed by atoms with Crippen molar-refractivity contribution in [2.75, 3.05) is 0 Å². The van der Waals surface area contributed by atoms with E-state index < -0.39 is 5.54 Å². The zero-order valence-electron chi connectivity index (χ0n) is 20.6. The van der Waals surface area contributed by atoms with Gasteiger partial charge in [0, 0.05) is 11.1 Å². The van der Waals surface area contributed by atoms with E-state index in [2.05, 4.69) is 109 Å². The van der Waals surface area contributed by atoms with E-state index in [-0.39, 0.29) is 6.61 Å². The van der Waals surface area contributed by atoms with Gasteiger partial charge in [0.25, 0.3) is 0 Å². The molecule has 0 aliphatic rings. The van der Waals surface area contributed by atoms with Gasteiger partial charge in [-0.05, 0) is 41.3 Å². The number of pyridine rings is 1. The van der Waals surface area contributed by atoms with Crippen LogP contribution in [-0.2, 0) is 12.1 Å². The Hall–Kier alpha value is -4.54. The van der Waals surface area contributed by atoms with Crippen LogP contribution in [0.1, 0.15) is 27.9 Å². The number of fused-ring (bicyclic) bond motifs is 1. The molecule has 37 heavy (non-hydrogen) atoms. The molecule has 0 fully saturated rings. The molecule has 4 nitrogen and oxygen atoms in total. The Balaban J connectivity index is 1.62. The fraction of sp³-hybridized carbons (Fsp3) is 0.0909. The van der Waals surface area contributed by atoms with Crippen molar-refractivity contribution in [3.05, 3.63) is 156 Å². The number of rotatable bonds is 6. The molecule has 0 amide bonds. The highest BCUT2D eigenvalue weighted by Crippen LogP contribution is 2.42. The van der Waals surface area contributed by atoms with E-state index in [9.17, 15) is 5.11 Å². The number of aliphatic hydroxyl groups is 1. The van der Waals surface area contributed by atoms with Crippen LogP contribution in [-0.4, -0.2) is 19.6 Å². The van der Waals surface area contributed by atoms with Crippen LogP contribution in [0.15, 0.2) is 128 Å². The first-order valence-corrected chi connectivity index (χ1v) is 12.4. The third-order valence-electron chi connectivity index (χ3n) is 7.12. The number of imidazole rings is 1. The average molecular weight is 482 g/mol. The molecule has 0 atom stereocenters. The summed E-state index contributed by atoms with van der Waals surface area (Å²) < 4.78 is 2.28. The average Bonchev–Trinajstić information content (AvgIpc) is 3.36. The van der Waals surface area contributed by atoms with Gasteiger partial charge < -0.3 is 9.67 Å². The van der Waals surface area contributed by atoms with E-state index in [4.69, 9.17) is 9.97 Å². The quantitative estimate of drug-likeness (QED) is 0.268. The number of hydrogen-bond acceptors (Lipinski definition) is 3. The van der Waals surface area contributed by atoms with Crippen LogP contribution < -0.4 is 0 Å². The molecule has 0 unspecified atom stereocenters. The van der Waals surface area contributed by atoms with Crippen molar-refractivity contribution >= 4 is 10.9 Å². The summed E-state index contributed by atoms with van der Waals surface area (Å²) in [6.07, 6.45) is 1.94. The third kappa shape index (κ3) is 3.83. The lowest BCUT2D eigenvalue weighted by atomic mass is 9.76. The Bertz CT molecular complexity index is 1560. The lowest BCUT2D eigenvalue weighted by Gasteiger charge is -2.38. The van der Waals surface area contributed by atoms with Gasteiger partial charge in [-0.2, -0.15) is 0 Å². The Morgan fingerprint density at radius 3 is 1.78 bits per heavy atom. The predicted octanol–water partition coefficient (Wildman–Crippen LogP) is 6.74. The van der Waals surface area contributed by atoms with E-state index in [0.29, 0.717) is 0 Å². The minimum absolute atomic E-state index is 0.0107.